The fourth-order valence-corrected chi connectivity index (χ4v) is 4.34. The summed E-state index contributed by atoms with van der Waals surface area (Å²) in [6.07, 6.45) is 2.84. The highest BCUT2D eigenvalue weighted by Crippen LogP contribution is 2.42. The minimum Gasteiger partial charge on any atom is -0.266 e. The predicted octanol–water partition coefficient (Wildman–Crippen LogP) is 1.32. The molecule has 8 heteroatoms. The quantitative estimate of drug-likeness (QED) is 0.677. The maximum atomic E-state index is 12.8. The average molecular weight is 301 g/mol. The van der Waals surface area contributed by atoms with E-state index in [1.54, 1.807) is 10.5 Å². The van der Waals surface area contributed by atoms with E-state index in [2.05, 4.69) is 15.2 Å². The summed E-state index contributed by atoms with van der Waals surface area (Å²) in [6.45, 7) is 2.17. The zero-order chi connectivity index (χ0) is 14.6. The zero-order valence-corrected chi connectivity index (χ0v) is 11.9. The molecule has 0 saturated carbocycles. The van der Waals surface area contributed by atoms with Gasteiger partial charge in [0.25, 0.3) is 15.8 Å². The summed E-state index contributed by atoms with van der Waals surface area (Å²) in [6, 6.07) is 7.40. The number of anilines is 1. The Morgan fingerprint density at radius 3 is 2.86 bits per heavy atom. The van der Waals surface area contributed by atoms with Crippen LogP contribution in [0.25, 0.3) is 17.0 Å². The van der Waals surface area contributed by atoms with Crippen molar-refractivity contribution in [1.82, 2.24) is 19.6 Å². The Kier molecular flexibility index (Phi) is 2.35. The molecule has 2 aromatic heterocycles. The Hall–Kier alpha value is -2.48. The second-order valence-corrected chi connectivity index (χ2v) is 6.49. The average Bonchev–Trinajstić information content (AvgIpc) is 2.95. The Bertz CT molecular complexity index is 964. The van der Waals surface area contributed by atoms with Crippen LogP contribution in [0.5, 0.6) is 0 Å². The molecule has 0 spiro atoms. The van der Waals surface area contributed by atoms with Crippen molar-refractivity contribution in [2.45, 2.75) is 11.8 Å². The van der Waals surface area contributed by atoms with Crippen LogP contribution in [0.4, 0.5) is 5.69 Å². The first-order valence-corrected chi connectivity index (χ1v) is 7.89. The van der Waals surface area contributed by atoms with Gasteiger partial charge < -0.3 is 0 Å². The first kappa shape index (κ1) is 12.3. The number of nitrogens with zero attached hydrogens (tertiary/aromatic N) is 5. The highest BCUT2D eigenvalue weighted by molar-refractivity contribution is 7.93. The number of para-hydroxylation sites is 1. The van der Waals surface area contributed by atoms with Gasteiger partial charge in [0.05, 0.1) is 17.6 Å². The van der Waals surface area contributed by atoms with Gasteiger partial charge in [-0.3, -0.25) is 8.71 Å². The number of hydrogen-bond acceptors (Lipinski definition) is 5. The van der Waals surface area contributed by atoms with Gasteiger partial charge in [0.1, 0.15) is 11.2 Å². The maximum absolute atomic E-state index is 12.8. The van der Waals surface area contributed by atoms with E-state index < -0.39 is 10.0 Å². The van der Waals surface area contributed by atoms with Crippen LogP contribution in [0.15, 0.2) is 41.7 Å². The molecule has 0 radical (unpaired) electrons. The molecule has 0 atom stereocenters. The molecular formula is C13H11N5O2S. The number of hydrogen-bond donors (Lipinski definition) is 0. The lowest BCUT2D eigenvalue weighted by molar-refractivity contribution is 0.590. The summed E-state index contributed by atoms with van der Waals surface area (Å²) in [4.78, 5) is 4.25. The minimum atomic E-state index is -3.62. The summed E-state index contributed by atoms with van der Waals surface area (Å²) in [5.41, 5.74) is 2.05. The van der Waals surface area contributed by atoms with E-state index in [0.29, 0.717) is 23.7 Å². The van der Waals surface area contributed by atoms with Gasteiger partial charge in [-0.1, -0.05) is 18.2 Å². The summed E-state index contributed by atoms with van der Waals surface area (Å²) < 4.78 is 28.6. The first-order valence-electron chi connectivity index (χ1n) is 6.45. The van der Waals surface area contributed by atoms with Crippen molar-refractivity contribution in [3.63, 3.8) is 0 Å². The summed E-state index contributed by atoms with van der Waals surface area (Å²) in [7, 11) is -3.62. The van der Waals surface area contributed by atoms with Crippen LogP contribution in [-0.2, 0) is 10.0 Å². The van der Waals surface area contributed by atoms with E-state index in [-0.39, 0.29) is 4.90 Å². The lowest BCUT2D eigenvalue weighted by Crippen LogP contribution is -2.34. The standard InChI is InChI=1S/C13H11N5O2S/c1-2-18-10-6-4-3-5-9(10)12-11(21(18,19)20)7-14-13-16-15-8-17(12)13/h3-8H,2H2,1H3. The van der Waals surface area contributed by atoms with Gasteiger partial charge in [-0.25, -0.2) is 13.4 Å². The molecule has 0 aliphatic carbocycles. The van der Waals surface area contributed by atoms with Crippen LogP contribution >= 0.6 is 0 Å². The Morgan fingerprint density at radius 2 is 2.05 bits per heavy atom. The Morgan fingerprint density at radius 1 is 1.24 bits per heavy atom. The molecule has 1 aromatic carbocycles. The van der Waals surface area contributed by atoms with Crippen LogP contribution in [0, 0.1) is 0 Å². The molecule has 1 aliphatic heterocycles. The third kappa shape index (κ3) is 1.47. The molecular weight excluding hydrogens is 290 g/mol. The van der Waals surface area contributed by atoms with Crippen molar-refractivity contribution in [2.24, 2.45) is 0 Å². The lowest BCUT2D eigenvalue weighted by atomic mass is 10.1. The topological polar surface area (TPSA) is 80.5 Å². The number of sulfonamides is 1. The van der Waals surface area contributed by atoms with E-state index in [0.717, 1.165) is 5.56 Å². The van der Waals surface area contributed by atoms with Gasteiger partial charge in [0.2, 0.25) is 0 Å². The molecule has 3 heterocycles. The fourth-order valence-electron chi connectivity index (χ4n) is 2.70. The Balaban J connectivity index is 2.22. The minimum absolute atomic E-state index is 0.176. The van der Waals surface area contributed by atoms with E-state index >= 15 is 0 Å². The first-order chi connectivity index (χ1) is 10.1. The number of rotatable bonds is 1. The summed E-state index contributed by atoms with van der Waals surface area (Å²) >= 11 is 0. The van der Waals surface area contributed by atoms with Gasteiger partial charge >= 0.3 is 0 Å². The van der Waals surface area contributed by atoms with Crippen LogP contribution in [0.1, 0.15) is 6.92 Å². The largest absolute Gasteiger partial charge is 0.267 e. The monoisotopic (exact) mass is 301 g/mol. The zero-order valence-electron chi connectivity index (χ0n) is 11.1. The smallest absolute Gasteiger partial charge is 0.266 e. The second kappa shape index (κ2) is 4.01. The molecule has 0 unspecified atom stereocenters. The third-order valence-electron chi connectivity index (χ3n) is 3.58. The fraction of sp³-hybridized carbons (Fsp3) is 0.154. The molecule has 3 aromatic rings. The van der Waals surface area contributed by atoms with E-state index in [1.807, 2.05) is 25.1 Å². The lowest BCUT2D eigenvalue weighted by Gasteiger charge is -2.30. The molecule has 0 saturated heterocycles. The van der Waals surface area contributed by atoms with Gasteiger partial charge in [-0.15, -0.1) is 10.2 Å². The normalized spacial score (nSPS) is 15.8. The van der Waals surface area contributed by atoms with Gasteiger partial charge in [-0.2, -0.15) is 0 Å². The van der Waals surface area contributed by atoms with E-state index in [4.69, 9.17) is 0 Å². The molecule has 0 fully saturated rings. The molecule has 0 N–H and O–H groups in total. The maximum Gasteiger partial charge on any atom is 0.267 e. The van der Waals surface area contributed by atoms with Crippen molar-refractivity contribution in [3.05, 3.63) is 36.8 Å². The molecule has 21 heavy (non-hydrogen) atoms. The highest BCUT2D eigenvalue weighted by Gasteiger charge is 2.35. The molecule has 0 amide bonds. The molecule has 7 nitrogen and oxygen atoms in total. The predicted molar refractivity (Wildman–Crippen MR) is 76.4 cm³/mol. The summed E-state index contributed by atoms with van der Waals surface area (Å²) in [5.74, 6) is 0.378. The van der Waals surface area contributed by atoms with Gasteiger partial charge in [0, 0.05) is 12.1 Å². The number of fused-ring (bicyclic) bond motifs is 5. The van der Waals surface area contributed by atoms with E-state index in [1.165, 1.54) is 16.8 Å². The molecule has 106 valence electrons. The van der Waals surface area contributed by atoms with Gasteiger partial charge in [-0.05, 0) is 13.0 Å². The molecule has 4 rings (SSSR count). The summed E-state index contributed by atoms with van der Waals surface area (Å²) in [5, 5.41) is 7.69. The van der Waals surface area contributed by atoms with E-state index in [9.17, 15) is 8.42 Å². The SMILES string of the molecule is CCN1c2ccccc2-c2c(cnc3nncn23)S1(=O)=O. The van der Waals surface area contributed by atoms with Crippen molar-refractivity contribution in [1.29, 1.82) is 0 Å². The third-order valence-corrected chi connectivity index (χ3v) is 5.47. The van der Waals surface area contributed by atoms with Crippen LogP contribution < -0.4 is 4.31 Å². The van der Waals surface area contributed by atoms with Crippen molar-refractivity contribution in [2.75, 3.05) is 10.8 Å². The van der Waals surface area contributed by atoms with Crippen LogP contribution in [0.3, 0.4) is 0 Å². The second-order valence-electron chi connectivity index (χ2n) is 4.66. The number of aromatic nitrogens is 4. The van der Waals surface area contributed by atoms with Gasteiger partial charge in [0.15, 0.2) is 0 Å². The van der Waals surface area contributed by atoms with Crippen LogP contribution in [-0.4, -0.2) is 34.5 Å². The number of benzene rings is 1. The van der Waals surface area contributed by atoms with Crippen molar-refractivity contribution < 1.29 is 8.42 Å². The Labute approximate surface area is 120 Å². The van der Waals surface area contributed by atoms with Crippen molar-refractivity contribution >= 4 is 21.5 Å². The van der Waals surface area contributed by atoms with Crippen molar-refractivity contribution in [3.8, 4) is 11.3 Å². The highest BCUT2D eigenvalue weighted by atomic mass is 32.2. The molecule has 0 bridgehead atoms. The van der Waals surface area contributed by atoms with Crippen LogP contribution in [0.2, 0.25) is 0 Å². The molecule has 1 aliphatic rings.